The van der Waals surface area contributed by atoms with Crippen LogP contribution >= 0.6 is 0 Å². The van der Waals surface area contributed by atoms with Crippen molar-refractivity contribution in [3.05, 3.63) is 47.7 Å². The highest BCUT2D eigenvalue weighted by Gasteiger charge is 2.10. The molecule has 0 fully saturated rings. The van der Waals surface area contributed by atoms with E-state index in [1.54, 1.807) is 13.0 Å². The highest BCUT2D eigenvalue weighted by atomic mass is 16.3. The second kappa shape index (κ2) is 4.04. The number of aryl methyl sites for hydroxylation is 1. The molecule has 78 valence electrons. The average molecular weight is 204 g/mol. The smallest absolute Gasteiger partial charge is 0.255 e. The van der Waals surface area contributed by atoms with Gasteiger partial charge in [0.2, 0.25) is 0 Å². The minimum atomic E-state index is -0.109. The maximum Gasteiger partial charge on any atom is 0.255 e. The first-order valence-corrected chi connectivity index (χ1v) is 4.71. The van der Waals surface area contributed by atoms with E-state index in [1.165, 1.54) is 6.26 Å². The number of carbonyl (C=O) groups excluding carboxylic acids is 1. The number of aromatic nitrogens is 1. The molecule has 0 atom stereocenters. The third-order valence-corrected chi connectivity index (χ3v) is 2.22. The summed E-state index contributed by atoms with van der Waals surface area (Å²) in [7, 11) is 0. The minimum absolute atomic E-state index is 0.109. The van der Waals surface area contributed by atoms with Gasteiger partial charge in [-0.1, -0.05) is 0 Å². The molecule has 2 N–H and O–H groups in total. The Morgan fingerprint density at radius 1 is 1.53 bits per heavy atom. The fourth-order valence-electron chi connectivity index (χ4n) is 1.37. The number of rotatable bonds is 3. The van der Waals surface area contributed by atoms with E-state index in [1.807, 2.05) is 18.5 Å². The summed E-state index contributed by atoms with van der Waals surface area (Å²) in [6.45, 7) is 2.29. The van der Waals surface area contributed by atoms with Gasteiger partial charge < -0.3 is 14.7 Å². The lowest BCUT2D eigenvalue weighted by atomic mass is 10.2. The topological polar surface area (TPSA) is 58.0 Å². The van der Waals surface area contributed by atoms with Gasteiger partial charge >= 0.3 is 0 Å². The molecular formula is C11H12N2O2. The van der Waals surface area contributed by atoms with Gasteiger partial charge in [-0.15, -0.1) is 0 Å². The van der Waals surface area contributed by atoms with Gasteiger partial charge in [0.25, 0.3) is 5.91 Å². The predicted octanol–water partition coefficient (Wildman–Crippen LogP) is 1.85. The number of amides is 1. The zero-order valence-corrected chi connectivity index (χ0v) is 8.41. The standard InChI is InChI=1S/C11H12N2O2/c1-8-10(3-5-15-8)11(14)13-7-9-2-4-12-6-9/h2-6,12H,7H2,1H3,(H,13,14). The van der Waals surface area contributed by atoms with Crippen molar-refractivity contribution < 1.29 is 9.21 Å². The van der Waals surface area contributed by atoms with Crippen molar-refractivity contribution >= 4 is 5.91 Å². The lowest BCUT2D eigenvalue weighted by Crippen LogP contribution is -2.22. The van der Waals surface area contributed by atoms with E-state index in [0.717, 1.165) is 5.56 Å². The van der Waals surface area contributed by atoms with Crippen molar-refractivity contribution in [3.8, 4) is 0 Å². The molecule has 4 heteroatoms. The molecule has 1 amide bonds. The second-order valence-electron chi connectivity index (χ2n) is 3.29. The number of H-pyrrole nitrogens is 1. The van der Waals surface area contributed by atoms with Crippen molar-refractivity contribution in [2.75, 3.05) is 0 Å². The highest BCUT2D eigenvalue weighted by molar-refractivity contribution is 5.94. The Morgan fingerprint density at radius 3 is 3.00 bits per heavy atom. The number of furan rings is 1. The minimum Gasteiger partial charge on any atom is -0.469 e. The Labute approximate surface area is 87.3 Å². The summed E-state index contributed by atoms with van der Waals surface area (Å²) in [5.41, 5.74) is 1.63. The summed E-state index contributed by atoms with van der Waals surface area (Å²) in [5.74, 6) is 0.531. The molecule has 2 rings (SSSR count). The molecule has 0 spiro atoms. The van der Waals surface area contributed by atoms with Gasteiger partial charge in [-0.3, -0.25) is 4.79 Å². The van der Waals surface area contributed by atoms with Crippen LogP contribution in [0.1, 0.15) is 21.7 Å². The third-order valence-electron chi connectivity index (χ3n) is 2.22. The number of aromatic amines is 1. The first-order chi connectivity index (χ1) is 7.27. The van der Waals surface area contributed by atoms with E-state index >= 15 is 0 Å². The van der Waals surface area contributed by atoms with E-state index in [9.17, 15) is 4.79 Å². The Bertz CT molecular complexity index is 443. The summed E-state index contributed by atoms with van der Waals surface area (Å²) < 4.78 is 5.06. The van der Waals surface area contributed by atoms with E-state index in [-0.39, 0.29) is 5.91 Å². The molecule has 0 aliphatic heterocycles. The first-order valence-electron chi connectivity index (χ1n) is 4.71. The van der Waals surface area contributed by atoms with E-state index in [0.29, 0.717) is 17.9 Å². The van der Waals surface area contributed by atoms with Gasteiger partial charge in [-0.2, -0.15) is 0 Å². The van der Waals surface area contributed by atoms with Gasteiger partial charge in [0.05, 0.1) is 11.8 Å². The van der Waals surface area contributed by atoms with Crippen LogP contribution < -0.4 is 5.32 Å². The van der Waals surface area contributed by atoms with Gasteiger partial charge in [-0.05, 0) is 24.6 Å². The number of nitrogens with one attached hydrogen (secondary N) is 2. The van der Waals surface area contributed by atoms with Crippen LogP contribution in [0.3, 0.4) is 0 Å². The van der Waals surface area contributed by atoms with Crippen LogP contribution in [0.5, 0.6) is 0 Å². The zero-order valence-electron chi connectivity index (χ0n) is 8.41. The molecule has 2 aromatic heterocycles. The summed E-state index contributed by atoms with van der Waals surface area (Å²) >= 11 is 0. The van der Waals surface area contributed by atoms with E-state index in [4.69, 9.17) is 4.42 Å². The molecule has 0 aromatic carbocycles. The van der Waals surface area contributed by atoms with Gasteiger partial charge in [-0.25, -0.2) is 0 Å². The first kappa shape index (κ1) is 9.58. The molecule has 0 aliphatic carbocycles. The van der Waals surface area contributed by atoms with Crippen LogP contribution in [0.25, 0.3) is 0 Å². The van der Waals surface area contributed by atoms with Crippen LogP contribution in [-0.4, -0.2) is 10.9 Å². The SMILES string of the molecule is Cc1occc1C(=O)NCc1cc[nH]c1. The molecule has 0 saturated heterocycles. The third kappa shape index (κ3) is 2.10. The number of hydrogen-bond acceptors (Lipinski definition) is 2. The number of carbonyl (C=O) groups is 1. The molecule has 0 unspecified atom stereocenters. The Kier molecular flexibility index (Phi) is 2.58. The van der Waals surface area contributed by atoms with E-state index < -0.39 is 0 Å². The lowest BCUT2D eigenvalue weighted by Gasteiger charge is -2.01. The maximum absolute atomic E-state index is 11.6. The molecule has 0 radical (unpaired) electrons. The van der Waals surface area contributed by atoms with Crippen molar-refractivity contribution in [3.63, 3.8) is 0 Å². The fraction of sp³-hybridized carbons (Fsp3) is 0.182. The van der Waals surface area contributed by atoms with Gasteiger partial charge in [0, 0.05) is 18.9 Å². The second-order valence-corrected chi connectivity index (χ2v) is 3.29. The Balaban J connectivity index is 1.96. The molecule has 4 nitrogen and oxygen atoms in total. The Hall–Kier alpha value is -1.97. The molecular weight excluding hydrogens is 192 g/mol. The normalized spacial score (nSPS) is 10.2. The quantitative estimate of drug-likeness (QED) is 0.801. The Morgan fingerprint density at radius 2 is 2.40 bits per heavy atom. The fourth-order valence-corrected chi connectivity index (χ4v) is 1.37. The van der Waals surface area contributed by atoms with Gasteiger partial charge in [0.1, 0.15) is 5.76 Å². The van der Waals surface area contributed by atoms with Crippen molar-refractivity contribution in [1.29, 1.82) is 0 Å². The van der Waals surface area contributed by atoms with Crippen molar-refractivity contribution in [2.24, 2.45) is 0 Å². The molecule has 2 aromatic rings. The van der Waals surface area contributed by atoms with Crippen LogP contribution in [0.2, 0.25) is 0 Å². The number of hydrogen-bond donors (Lipinski definition) is 2. The van der Waals surface area contributed by atoms with Crippen LogP contribution in [0.15, 0.2) is 35.2 Å². The van der Waals surface area contributed by atoms with Crippen LogP contribution in [-0.2, 0) is 6.54 Å². The average Bonchev–Trinajstić information content (AvgIpc) is 2.84. The summed E-state index contributed by atoms with van der Waals surface area (Å²) in [4.78, 5) is 14.6. The van der Waals surface area contributed by atoms with Crippen molar-refractivity contribution in [1.82, 2.24) is 10.3 Å². The summed E-state index contributed by atoms with van der Waals surface area (Å²) in [5, 5.41) is 2.81. The van der Waals surface area contributed by atoms with Crippen molar-refractivity contribution in [2.45, 2.75) is 13.5 Å². The lowest BCUT2D eigenvalue weighted by molar-refractivity contribution is 0.0949. The maximum atomic E-state index is 11.6. The zero-order chi connectivity index (χ0) is 10.7. The molecule has 2 heterocycles. The molecule has 0 bridgehead atoms. The van der Waals surface area contributed by atoms with Gasteiger partial charge in [0.15, 0.2) is 0 Å². The van der Waals surface area contributed by atoms with E-state index in [2.05, 4.69) is 10.3 Å². The largest absolute Gasteiger partial charge is 0.469 e. The summed E-state index contributed by atoms with van der Waals surface area (Å²) in [6.07, 6.45) is 5.19. The summed E-state index contributed by atoms with van der Waals surface area (Å²) in [6, 6.07) is 3.59. The monoisotopic (exact) mass is 204 g/mol. The molecule has 0 saturated carbocycles. The molecule has 0 aliphatic rings. The van der Waals surface area contributed by atoms with Crippen LogP contribution in [0, 0.1) is 6.92 Å². The predicted molar refractivity (Wildman–Crippen MR) is 55.4 cm³/mol. The molecule has 15 heavy (non-hydrogen) atoms. The van der Waals surface area contributed by atoms with Crippen LogP contribution in [0.4, 0.5) is 0 Å². The highest BCUT2D eigenvalue weighted by Crippen LogP contribution is 2.08.